The molecule has 0 fully saturated rings. The second-order valence-electron chi connectivity index (χ2n) is 5.04. The molecule has 1 aromatic heterocycles. The molecule has 0 aliphatic carbocycles. The first-order chi connectivity index (χ1) is 11.2. The molecule has 3 rings (SSSR count). The average molecular weight is 328 g/mol. The van der Waals surface area contributed by atoms with Gasteiger partial charge in [0.15, 0.2) is 0 Å². The lowest BCUT2D eigenvalue weighted by atomic mass is 10.1. The van der Waals surface area contributed by atoms with Gasteiger partial charge in [0.25, 0.3) is 0 Å². The summed E-state index contributed by atoms with van der Waals surface area (Å²) < 4.78 is 7.35. The fourth-order valence-corrected chi connectivity index (χ4v) is 2.67. The van der Waals surface area contributed by atoms with Crippen molar-refractivity contribution in [3.05, 3.63) is 65.3 Å². The smallest absolute Gasteiger partial charge is 0.119 e. The van der Waals surface area contributed by atoms with Crippen LogP contribution in [0.4, 0.5) is 0 Å². The van der Waals surface area contributed by atoms with E-state index in [2.05, 4.69) is 5.10 Å². The van der Waals surface area contributed by atoms with E-state index < -0.39 is 0 Å². The minimum absolute atomic E-state index is 0.376. The standard InChI is InChI=1S/C18H18ClN3O/c1-2-23-15-9-7-14(8-10-15)22-18(11-13(12-20)21-22)16-5-3-4-6-17(16)19/h3-11H,2,12,20H2,1H3. The number of hydrogen-bond donors (Lipinski definition) is 1. The van der Waals surface area contributed by atoms with E-state index in [4.69, 9.17) is 22.1 Å². The first kappa shape index (κ1) is 15.6. The molecule has 5 heteroatoms. The third kappa shape index (κ3) is 3.23. The van der Waals surface area contributed by atoms with E-state index in [1.54, 1.807) is 0 Å². The van der Waals surface area contributed by atoms with Crippen LogP contribution in [0, 0.1) is 0 Å². The molecule has 0 aliphatic rings. The summed E-state index contributed by atoms with van der Waals surface area (Å²) in [5, 5.41) is 5.27. The summed E-state index contributed by atoms with van der Waals surface area (Å²) in [5.74, 6) is 0.835. The molecule has 0 bridgehead atoms. The molecule has 0 unspecified atom stereocenters. The zero-order valence-corrected chi connectivity index (χ0v) is 13.6. The fraction of sp³-hybridized carbons (Fsp3) is 0.167. The number of ether oxygens (including phenoxy) is 1. The molecular formula is C18H18ClN3O. The maximum Gasteiger partial charge on any atom is 0.119 e. The van der Waals surface area contributed by atoms with Gasteiger partial charge in [-0.15, -0.1) is 0 Å². The van der Waals surface area contributed by atoms with Crippen molar-refractivity contribution < 1.29 is 4.74 Å². The van der Waals surface area contributed by atoms with Crippen LogP contribution in [0.2, 0.25) is 5.02 Å². The summed E-state index contributed by atoms with van der Waals surface area (Å²) in [6.45, 7) is 2.98. The van der Waals surface area contributed by atoms with E-state index in [1.807, 2.05) is 66.2 Å². The molecule has 2 N–H and O–H groups in total. The van der Waals surface area contributed by atoms with Gasteiger partial charge in [0.1, 0.15) is 5.75 Å². The van der Waals surface area contributed by atoms with Crippen LogP contribution in [-0.2, 0) is 6.54 Å². The number of halogens is 1. The second kappa shape index (κ2) is 6.86. The Bertz CT molecular complexity index is 796. The summed E-state index contributed by atoms with van der Waals surface area (Å²) in [4.78, 5) is 0. The normalized spacial score (nSPS) is 10.7. The van der Waals surface area contributed by atoms with Gasteiger partial charge < -0.3 is 10.5 Å². The largest absolute Gasteiger partial charge is 0.494 e. The van der Waals surface area contributed by atoms with Gasteiger partial charge in [-0.05, 0) is 43.3 Å². The van der Waals surface area contributed by atoms with Crippen molar-refractivity contribution in [1.82, 2.24) is 9.78 Å². The van der Waals surface area contributed by atoms with Crippen molar-refractivity contribution in [1.29, 1.82) is 0 Å². The molecule has 0 aliphatic heterocycles. The summed E-state index contributed by atoms with van der Waals surface area (Å²) in [6.07, 6.45) is 0. The van der Waals surface area contributed by atoms with Gasteiger partial charge >= 0.3 is 0 Å². The SMILES string of the molecule is CCOc1ccc(-n2nc(CN)cc2-c2ccccc2Cl)cc1. The van der Waals surface area contributed by atoms with E-state index >= 15 is 0 Å². The van der Waals surface area contributed by atoms with Crippen molar-refractivity contribution in [2.24, 2.45) is 5.73 Å². The minimum atomic E-state index is 0.376. The highest BCUT2D eigenvalue weighted by molar-refractivity contribution is 6.33. The summed E-state index contributed by atoms with van der Waals surface area (Å²) in [6, 6.07) is 17.5. The Kier molecular flexibility index (Phi) is 4.65. The van der Waals surface area contributed by atoms with E-state index in [0.29, 0.717) is 18.2 Å². The number of benzene rings is 2. The quantitative estimate of drug-likeness (QED) is 0.769. The van der Waals surface area contributed by atoms with Crippen LogP contribution in [0.25, 0.3) is 16.9 Å². The van der Waals surface area contributed by atoms with Crippen molar-refractivity contribution >= 4 is 11.6 Å². The lowest BCUT2D eigenvalue weighted by Gasteiger charge is -2.10. The van der Waals surface area contributed by atoms with E-state index in [0.717, 1.165) is 28.4 Å². The van der Waals surface area contributed by atoms with Gasteiger partial charge in [-0.3, -0.25) is 0 Å². The Hall–Kier alpha value is -2.30. The molecule has 3 aromatic rings. The van der Waals surface area contributed by atoms with Crippen LogP contribution < -0.4 is 10.5 Å². The average Bonchev–Trinajstić information content (AvgIpc) is 3.00. The minimum Gasteiger partial charge on any atom is -0.494 e. The fourth-order valence-electron chi connectivity index (χ4n) is 2.44. The van der Waals surface area contributed by atoms with Crippen LogP contribution in [0.15, 0.2) is 54.6 Å². The van der Waals surface area contributed by atoms with Gasteiger partial charge in [0, 0.05) is 17.1 Å². The summed E-state index contributed by atoms with van der Waals surface area (Å²) in [7, 11) is 0. The molecule has 0 amide bonds. The maximum absolute atomic E-state index is 6.34. The number of nitrogens with zero attached hydrogens (tertiary/aromatic N) is 2. The zero-order chi connectivity index (χ0) is 16.2. The third-order valence-corrected chi connectivity index (χ3v) is 3.84. The number of aromatic nitrogens is 2. The van der Waals surface area contributed by atoms with Crippen molar-refractivity contribution in [2.45, 2.75) is 13.5 Å². The Morgan fingerprint density at radius 1 is 1.13 bits per heavy atom. The van der Waals surface area contributed by atoms with Crippen LogP contribution in [0.3, 0.4) is 0 Å². The molecule has 23 heavy (non-hydrogen) atoms. The lowest BCUT2D eigenvalue weighted by Crippen LogP contribution is -2.02. The molecule has 0 spiro atoms. The predicted molar refractivity (Wildman–Crippen MR) is 93.1 cm³/mol. The Labute approximate surface area is 140 Å². The highest BCUT2D eigenvalue weighted by atomic mass is 35.5. The van der Waals surface area contributed by atoms with Gasteiger partial charge in [0.05, 0.1) is 23.7 Å². The van der Waals surface area contributed by atoms with E-state index in [1.165, 1.54) is 0 Å². The second-order valence-corrected chi connectivity index (χ2v) is 5.45. The molecule has 0 radical (unpaired) electrons. The van der Waals surface area contributed by atoms with Gasteiger partial charge in [-0.1, -0.05) is 29.8 Å². The van der Waals surface area contributed by atoms with Crippen molar-refractivity contribution in [3.8, 4) is 22.7 Å². The lowest BCUT2D eigenvalue weighted by molar-refractivity contribution is 0.340. The Morgan fingerprint density at radius 2 is 1.87 bits per heavy atom. The highest BCUT2D eigenvalue weighted by Gasteiger charge is 2.13. The van der Waals surface area contributed by atoms with Crippen LogP contribution >= 0.6 is 11.6 Å². The first-order valence-corrected chi connectivity index (χ1v) is 7.88. The Morgan fingerprint density at radius 3 is 2.52 bits per heavy atom. The van der Waals surface area contributed by atoms with E-state index in [9.17, 15) is 0 Å². The van der Waals surface area contributed by atoms with Gasteiger partial charge in [-0.2, -0.15) is 5.10 Å². The maximum atomic E-state index is 6.34. The molecule has 2 aromatic carbocycles. The molecule has 118 valence electrons. The predicted octanol–water partition coefficient (Wildman–Crippen LogP) is 4.05. The third-order valence-electron chi connectivity index (χ3n) is 3.51. The zero-order valence-electron chi connectivity index (χ0n) is 12.9. The highest BCUT2D eigenvalue weighted by Crippen LogP contribution is 2.30. The number of hydrogen-bond acceptors (Lipinski definition) is 3. The van der Waals surface area contributed by atoms with Crippen LogP contribution in [0.5, 0.6) is 5.75 Å². The van der Waals surface area contributed by atoms with Crippen LogP contribution in [-0.4, -0.2) is 16.4 Å². The molecular weight excluding hydrogens is 310 g/mol. The van der Waals surface area contributed by atoms with Gasteiger partial charge in [0.2, 0.25) is 0 Å². The van der Waals surface area contributed by atoms with Crippen LogP contribution in [0.1, 0.15) is 12.6 Å². The molecule has 1 heterocycles. The molecule has 0 saturated heterocycles. The first-order valence-electron chi connectivity index (χ1n) is 7.50. The number of nitrogens with two attached hydrogens (primary N) is 1. The van der Waals surface area contributed by atoms with Crippen molar-refractivity contribution in [3.63, 3.8) is 0 Å². The summed E-state index contributed by atoms with van der Waals surface area (Å²) >= 11 is 6.34. The monoisotopic (exact) mass is 327 g/mol. The molecule has 0 saturated carbocycles. The number of rotatable bonds is 5. The van der Waals surface area contributed by atoms with E-state index in [-0.39, 0.29) is 0 Å². The van der Waals surface area contributed by atoms with Gasteiger partial charge in [-0.25, -0.2) is 4.68 Å². The Balaban J connectivity index is 2.08. The topological polar surface area (TPSA) is 53.1 Å². The summed E-state index contributed by atoms with van der Waals surface area (Å²) in [5.41, 5.74) is 9.35. The molecule has 0 atom stereocenters. The molecule has 4 nitrogen and oxygen atoms in total. The van der Waals surface area contributed by atoms with Crippen molar-refractivity contribution in [2.75, 3.05) is 6.61 Å².